The van der Waals surface area contributed by atoms with Gasteiger partial charge in [0.15, 0.2) is 11.5 Å². The minimum absolute atomic E-state index is 0.0334. The Kier molecular flexibility index (Phi) is 5.39. The molecule has 0 fully saturated rings. The monoisotopic (exact) mass is 281 g/mol. The third-order valence-electron chi connectivity index (χ3n) is 2.97. The number of hydrogen-bond donors (Lipinski definition) is 2. The zero-order chi connectivity index (χ0) is 15.3. The summed E-state index contributed by atoms with van der Waals surface area (Å²) >= 11 is 0. The number of aromatic hydroxyl groups is 1. The van der Waals surface area contributed by atoms with E-state index in [0.29, 0.717) is 18.9 Å². The van der Waals surface area contributed by atoms with Crippen LogP contribution in [0.5, 0.6) is 11.5 Å². The van der Waals surface area contributed by atoms with Crippen LogP contribution in [-0.2, 0) is 11.3 Å². The number of ether oxygens (including phenoxy) is 1. The quantitative estimate of drug-likeness (QED) is 0.838. The summed E-state index contributed by atoms with van der Waals surface area (Å²) in [5.41, 5.74) is 0.643. The Hall–Kier alpha value is -1.75. The first kappa shape index (κ1) is 16.3. The second kappa shape index (κ2) is 6.61. The molecular weight excluding hydrogens is 258 g/mol. The van der Waals surface area contributed by atoms with Gasteiger partial charge in [0.1, 0.15) is 0 Å². The highest BCUT2D eigenvalue weighted by molar-refractivity contribution is 5.69. The van der Waals surface area contributed by atoms with Crippen LogP contribution in [0.1, 0.15) is 33.3 Å². The zero-order valence-electron chi connectivity index (χ0n) is 12.5. The number of carboxylic acids is 1. The first-order valence-electron chi connectivity index (χ1n) is 6.65. The van der Waals surface area contributed by atoms with E-state index in [0.717, 1.165) is 5.56 Å². The highest BCUT2D eigenvalue weighted by atomic mass is 16.5. The molecule has 0 aliphatic heterocycles. The normalized spacial score (nSPS) is 11.7. The Balaban J connectivity index is 2.93. The van der Waals surface area contributed by atoms with Crippen molar-refractivity contribution in [2.24, 2.45) is 0 Å². The number of carbonyl (C=O) groups is 1. The van der Waals surface area contributed by atoms with Gasteiger partial charge in [-0.1, -0.05) is 6.07 Å². The molecule has 0 saturated heterocycles. The molecule has 0 amide bonds. The molecule has 1 rings (SSSR count). The summed E-state index contributed by atoms with van der Waals surface area (Å²) in [4.78, 5) is 12.8. The molecule has 0 heterocycles. The molecule has 0 radical (unpaired) electrons. The van der Waals surface area contributed by atoms with Gasteiger partial charge in [-0.05, 0) is 45.4 Å². The van der Waals surface area contributed by atoms with Crippen LogP contribution in [0.4, 0.5) is 0 Å². The summed E-state index contributed by atoms with van der Waals surface area (Å²) in [6.07, 6.45) is 0. The third-order valence-corrected chi connectivity index (χ3v) is 2.97. The molecule has 112 valence electrons. The molecule has 1 aromatic rings. The number of phenolic OH excluding ortho intramolecular Hbond substituents is 1. The van der Waals surface area contributed by atoms with Crippen molar-refractivity contribution in [3.05, 3.63) is 23.8 Å². The van der Waals surface area contributed by atoms with Crippen molar-refractivity contribution in [3.63, 3.8) is 0 Å². The van der Waals surface area contributed by atoms with Crippen LogP contribution in [-0.4, -0.2) is 39.8 Å². The van der Waals surface area contributed by atoms with Gasteiger partial charge in [0.2, 0.25) is 0 Å². The molecule has 0 bridgehead atoms. The number of hydrogen-bond acceptors (Lipinski definition) is 4. The van der Waals surface area contributed by atoms with Crippen molar-refractivity contribution < 1.29 is 19.7 Å². The van der Waals surface area contributed by atoms with Gasteiger partial charge in [-0.3, -0.25) is 9.69 Å². The Morgan fingerprint density at radius 2 is 2.00 bits per heavy atom. The molecule has 1 aromatic carbocycles. The average molecular weight is 281 g/mol. The molecule has 20 heavy (non-hydrogen) atoms. The zero-order valence-corrected chi connectivity index (χ0v) is 12.5. The van der Waals surface area contributed by atoms with Gasteiger partial charge in [-0.15, -0.1) is 0 Å². The van der Waals surface area contributed by atoms with Gasteiger partial charge in [0.05, 0.1) is 13.2 Å². The minimum atomic E-state index is -0.858. The van der Waals surface area contributed by atoms with E-state index in [9.17, 15) is 9.90 Å². The highest BCUT2D eigenvalue weighted by Gasteiger charge is 2.23. The molecule has 0 aliphatic carbocycles. The maximum atomic E-state index is 11.0. The second-order valence-corrected chi connectivity index (χ2v) is 5.66. The van der Waals surface area contributed by atoms with Gasteiger partial charge >= 0.3 is 5.97 Å². The first-order valence-corrected chi connectivity index (χ1v) is 6.65. The lowest BCUT2D eigenvalue weighted by Crippen LogP contribution is -2.43. The largest absolute Gasteiger partial charge is 0.504 e. The standard InChI is InChI=1S/C15H23NO4/c1-5-20-13-8-11(6-7-12(13)17)9-16(10-14(18)19)15(2,3)4/h6-8,17H,5,9-10H2,1-4H3,(H,18,19). The van der Waals surface area contributed by atoms with Crippen LogP contribution < -0.4 is 4.74 Å². The van der Waals surface area contributed by atoms with E-state index < -0.39 is 5.97 Å². The lowest BCUT2D eigenvalue weighted by molar-refractivity contribution is -0.139. The van der Waals surface area contributed by atoms with E-state index in [2.05, 4.69) is 0 Å². The molecule has 0 saturated carbocycles. The van der Waals surface area contributed by atoms with Gasteiger partial charge in [0.25, 0.3) is 0 Å². The van der Waals surface area contributed by atoms with Crippen LogP contribution in [0.15, 0.2) is 18.2 Å². The van der Waals surface area contributed by atoms with E-state index in [4.69, 9.17) is 9.84 Å². The molecule has 0 atom stereocenters. The van der Waals surface area contributed by atoms with Crippen molar-refractivity contribution in [2.75, 3.05) is 13.2 Å². The summed E-state index contributed by atoms with van der Waals surface area (Å²) < 4.78 is 5.34. The Morgan fingerprint density at radius 3 is 2.50 bits per heavy atom. The van der Waals surface area contributed by atoms with Crippen LogP contribution in [0.3, 0.4) is 0 Å². The van der Waals surface area contributed by atoms with Crippen molar-refractivity contribution in [1.82, 2.24) is 4.90 Å². The minimum Gasteiger partial charge on any atom is -0.504 e. The molecule has 0 aromatic heterocycles. The molecule has 0 unspecified atom stereocenters. The van der Waals surface area contributed by atoms with Crippen molar-refractivity contribution >= 4 is 5.97 Å². The van der Waals surface area contributed by atoms with E-state index in [-0.39, 0.29) is 17.8 Å². The topological polar surface area (TPSA) is 70.0 Å². The maximum Gasteiger partial charge on any atom is 0.317 e. The first-order chi connectivity index (χ1) is 9.24. The number of carboxylic acid groups (broad SMARTS) is 1. The Bertz CT molecular complexity index is 465. The van der Waals surface area contributed by atoms with Crippen LogP contribution in [0.2, 0.25) is 0 Å². The SMILES string of the molecule is CCOc1cc(CN(CC(=O)O)C(C)(C)C)ccc1O. The molecule has 5 heteroatoms. The summed E-state index contributed by atoms with van der Waals surface area (Å²) in [6.45, 7) is 8.68. The summed E-state index contributed by atoms with van der Waals surface area (Å²) in [6, 6.07) is 5.10. The van der Waals surface area contributed by atoms with E-state index >= 15 is 0 Å². The smallest absolute Gasteiger partial charge is 0.317 e. The fourth-order valence-electron chi connectivity index (χ4n) is 1.84. The van der Waals surface area contributed by atoms with E-state index in [1.165, 1.54) is 0 Å². The molecule has 0 aliphatic rings. The van der Waals surface area contributed by atoms with Crippen LogP contribution in [0.25, 0.3) is 0 Å². The Morgan fingerprint density at radius 1 is 1.35 bits per heavy atom. The highest BCUT2D eigenvalue weighted by Crippen LogP contribution is 2.28. The predicted octanol–water partition coefficient (Wildman–Crippen LogP) is 2.48. The number of rotatable bonds is 6. The van der Waals surface area contributed by atoms with Gasteiger partial charge in [-0.2, -0.15) is 0 Å². The van der Waals surface area contributed by atoms with Gasteiger partial charge < -0.3 is 14.9 Å². The lowest BCUT2D eigenvalue weighted by atomic mass is 10.0. The van der Waals surface area contributed by atoms with E-state index in [1.54, 1.807) is 18.2 Å². The second-order valence-electron chi connectivity index (χ2n) is 5.66. The van der Waals surface area contributed by atoms with Crippen molar-refractivity contribution in [2.45, 2.75) is 39.8 Å². The summed E-state index contributed by atoms with van der Waals surface area (Å²) in [7, 11) is 0. The molecule has 0 spiro atoms. The predicted molar refractivity (Wildman–Crippen MR) is 77.1 cm³/mol. The molecular formula is C15H23NO4. The molecule has 2 N–H and O–H groups in total. The van der Waals surface area contributed by atoms with Crippen molar-refractivity contribution in [3.8, 4) is 11.5 Å². The average Bonchev–Trinajstić information content (AvgIpc) is 2.31. The van der Waals surface area contributed by atoms with Crippen LogP contribution >= 0.6 is 0 Å². The van der Waals surface area contributed by atoms with Crippen LogP contribution in [0, 0.1) is 0 Å². The summed E-state index contributed by atoms with van der Waals surface area (Å²) in [5, 5.41) is 18.7. The Labute approximate surface area is 119 Å². The number of nitrogens with zero attached hydrogens (tertiary/aromatic N) is 1. The summed E-state index contributed by atoms with van der Waals surface area (Å²) in [5.74, 6) is -0.339. The van der Waals surface area contributed by atoms with Gasteiger partial charge in [-0.25, -0.2) is 0 Å². The van der Waals surface area contributed by atoms with E-state index in [1.807, 2.05) is 32.6 Å². The third kappa shape index (κ3) is 4.74. The number of phenols is 1. The molecule has 5 nitrogen and oxygen atoms in total. The fourth-order valence-corrected chi connectivity index (χ4v) is 1.84. The lowest BCUT2D eigenvalue weighted by Gasteiger charge is -2.34. The maximum absolute atomic E-state index is 11.0. The number of benzene rings is 1. The fraction of sp³-hybridized carbons (Fsp3) is 0.533. The van der Waals surface area contributed by atoms with Gasteiger partial charge in [0, 0.05) is 12.1 Å². The van der Waals surface area contributed by atoms with Crippen molar-refractivity contribution in [1.29, 1.82) is 0 Å². The number of aliphatic carboxylic acids is 1.